The van der Waals surface area contributed by atoms with Gasteiger partial charge >= 0.3 is 5.97 Å². The van der Waals surface area contributed by atoms with Crippen molar-refractivity contribution in [3.05, 3.63) is 90.8 Å². The van der Waals surface area contributed by atoms with Crippen molar-refractivity contribution < 1.29 is 14.3 Å². The van der Waals surface area contributed by atoms with Crippen LogP contribution in [0.1, 0.15) is 18.9 Å². The van der Waals surface area contributed by atoms with Crippen molar-refractivity contribution in [3.8, 4) is 5.75 Å². The van der Waals surface area contributed by atoms with Crippen LogP contribution in [0.15, 0.2) is 85.2 Å². The summed E-state index contributed by atoms with van der Waals surface area (Å²) in [6, 6.07) is 24.6. The van der Waals surface area contributed by atoms with E-state index in [4.69, 9.17) is 9.47 Å². The summed E-state index contributed by atoms with van der Waals surface area (Å²) in [5.41, 5.74) is 2.53. The van der Waals surface area contributed by atoms with Crippen LogP contribution in [0, 0.1) is 0 Å². The van der Waals surface area contributed by atoms with Crippen LogP contribution >= 0.6 is 0 Å². The molecule has 1 saturated heterocycles. The molecule has 1 fully saturated rings. The standard InChI is InChI=1S/C28H33N3O3/c1-2-33-28(32)27(34-26-11-7-4-8-12-26)15-18-30-19-20-31(24-13-16-29-17-14-24)25(22-30)21-23-9-5-3-6-10-23/h3-14,16-17,25,27H,2,15,18-22H2,1H3. The maximum Gasteiger partial charge on any atom is 0.347 e. The highest BCUT2D eigenvalue weighted by atomic mass is 16.6. The molecule has 2 unspecified atom stereocenters. The van der Waals surface area contributed by atoms with Crippen LogP contribution in [0.2, 0.25) is 0 Å². The fourth-order valence-electron chi connectivity index (χ4n) is 4.48. The van der Waals surface area contributed by atoms with Gasteiger partial charge in [-0.15, -0.1) is 0 Å². The Bertz CT molecular complexity index is 1000. The molecule has 6 nitrogen and oxygen atoms in total. The van der Waals surface area contributed by atoms with E-state index in [2.05, 4.69) is 57.2 Å². The minimum Gasteiger partial charge on any atom is -0.479 e. The predicted octanol–water partition coefficient (Wildman–Crippen LogP) is 4.22. The first-order valence-corrected chi connectivity index (χ1v) is 12.0. The number of nitrogens with zero attached hydrogens (tertiary/aromatic N) is 3. The summed E-state index contributed by atoms with van der Waals surface area (Å²) in [7, 11) is 0. The highest BCUT2D eigenvalue weighted by molar-refractivity contribution is 5.75. The van der Waals surface area contributed by atoms with Gasteiger partial charge in [-0.05, 0) is 43.2 Å². The molecule has 1 aromatic heterocycles. The van der Waals surface area contributed by atoms with Crippen LogP contribution < -0.4 is 9.64 Å². The SMILES string of the molecule is CCOC(=O)C(CCN1CCN(c2ccncc2)C(Cc2ccccc2)C1)Oc1ccccc1. The highest BCUT2D eigenvalue weighted by Gasteiger charge is 2.29. The lowest BCUT2D eigenvalue weighted by Crippen LogP contribution is -2.54. The number of pyridine rings is 1. The Labute approximate surface area is 202 Å². The number of hydrogen-bond acceptors (Lipinski definition) is 6. The number of aromatic nitrogens is 1. The number of rotatable bonds is 10. The molecule has 0 spiro atoms. The Hall–Kier alpha value is -3.38. The second-order valence-electron chi connectivity index (χ2n) is 8.50. The number of anilines is 1. The van der Waals surface area contributed by atoms with Crippen LogP contribution in [0.5, 0.6) is 5.75 Å². The number of carbonyl (C=O) groups excluding carboxylic acids is 1. The summed E-state index contributed by atoms with van der Waals surface area (Å²) >= 11 is 0. The van der Waals surface area contributed by atoms with Crippen LogP contribution in [-0.4, -0.2) is 60.8 Å². The second kappa shape index (κ2) is 12.2. The molecule has 0 bridgehead atoms. The fraction of sp³-hybridized carbons (Fsp3) is 0.357. The third kappa shape index (κ3) is 6.58. The van der Waals surface area contributed by atoms with E-state index in [1.165, 1.54) is 11.3 Å². The number of carbonyl (C=O) groups is 1. The number of para-hydroxylation sites is 1. The maximum absolute atomic E-state index is 12.6. The molecule has 2 atom stereocenters. The summed E-state index contributed by atoms with van der Waals surface area (Å²) in [4.78, 5) is 21.7. The van der Waals surface area contributed by atoms with Gasteiger partial charge in [0.1, 0.15) is 5.75 Å². The zero-order chi connectivity index (χ0) is 23.6. The van der Waals surface area contributed by atoms with Crippen LogP contribution in [0.3, 0.4) is 0 Å². The third-order valence-corrected chi connectivity index (χ3v) is 6.15. The van der Waals surface area contributed by atoms with E-state index in [1.807, 2.05) is 49.6 Å². The van der Waals surface area contributed by atoms with E-state index in [-0.39, 0.29) is 5.97 Å². The average Bonchev–Trinajstić information content (AvgIpc) is 2.88. The molecule has 3 aromatic rings. The van der Waals surface area contributed by atoms with E-state index < -0.39 is 6.10 Å². The van der Waals surface area contributed by atoms with Crippen molar-refractivity contribution in [2.45, 2.75) is 31.9 Å². The Kier molecular flexibility index (Phi) is 8.52. The van der Waals surface area contributed by atoms with Crippen molar-refractivity contribution in [2.24, 2.45) is 0 Å². The first kappa shape index (κ1) is 23.8. The van der Waals surface area contributed by atoms with Gasteiger partial charge in [0.2, 0.25) is 0 Å². The zero-order valence-electron chi connectivity index (χ0n) is 19.8. The second-order valence-corrected chi connectivity index (χ2v) is 8.50. The van der Waals surface area contributed by atoms with Gasteiger partial charge in [0.25, 0.3) is 0 Å². The predicted molar refractivity (Wildman–Crippen MR) is 134 cm³/mol. The molecule has 2 heterocycles. The van der Waals surface area contributed by atoms with Gasteiger partial charge in [0.05, 0.1) is 6.61 Å². The van der Waals surface area contributed by atoms with Crippen LogP contribution in [0.25, 0.3) is 0 Å². The van der Waals surface area contributed by atoms with E-state index in [0.717, 1.165) is 32.6 Å². The van der Waals surface area contributed by atoms with Gasteiger partial charge in [0, 0.05) is 56.7 Å². The van der Waals surface area contributed by atoms with E-state index in [1.54, 1.807) is 0 Å². The van der Waals surface area contributed by atoms with E-state index >= 15 is 0 Å². The quantitative estimate of drug-likeness (QED) is 0.423. The Morgan fingerprint density at radius 2 is 1.71 bits per heavy atom. The molecule has 1 aliphatic rings. The molecule has 178 valence electrons. The normalized spacial score (nSPS) is 17.2. The van der Waals surface area contributed by atoms with Gasteiger partial charge in [0.15, 0.2) is 6.10 Å². The molecule has 0 aliphatic carbocycles. The smallest absolute Gasteiger partial charge is 0.347 e. The van der Waals surface area contributed by atoms with E-state index in [0.29, 0.717) is 24.8 Å². The summed E-state index contributed by atoms with van der Waals surface area (Å²) in [5, 5.41) is 0. The number of piperazine rings is 1. The summed E-state index contributed by atoms with van der Waals surface area (Å²) in [5.74, 6) is 0.382. The van der Waals surface area contributed by atoms with Crippen LogP contribution in [-0.2, 0) is 16.0 Å². The highest BCUT2D eigenvalue weighted by Crippen LogP contribution is 2.23. The summed E-state index contributed by atoms with van der Waals surface area (Å²) < 4.78 is 11.3. The molecule has 4 rings (SSSR count). The number of ether oxygens (including phenoxy) is 2. The molecule has 0 radical (unpaired) electrons. The molecule has 34 heavy (non-hydrogen) atoms. The molecule has 6 heteroatoms. The van der Waals surface area contributed by atoms with Gasteiger partial charge < -0.3 is 14.4 Å². The molecule has 1 aliphatic heterocycles. The number of benzene rings is 2. The van der Waals surface area contributed by atoms with Gasteiger partial charge in [-0.25, -0.2) is 4.79 Å². The Morgan fingerprint density at radius 1 is 1.00 bits per heavy atom. The maximum atomic E-state index is 12.6. The summed E-state index contributed by atoms with van der Waals surface area (Å²) in [6.07, 6.45) is 4.63. The van der Waals surface area contributed by atoms with Gasteiger partial charge in [-0.2, -0.15) is 0 Å². The third-order valence-electron chi connectivity index (χ3n) is 6.15. The molecular weight excluding hydrogens is 426 g/mol. The molecule has 0 amide bonds. The first-order valence-electron chi connectivity index (χ1n) is 12.0. The topological polar surface area (TPSA) is 54.9 Å². The van der Waals surface area contributed by atoms with Crippen molar-refractivity contribution in [1.29, 1.82) is 0 Å². The fourth-order valence-corrected chi connectivity index (χ4v) is 4.48. The Morgan fingerprint density at radius 3 is 2.41 bits per heavy atom. The Balaban J connectivity index is 1.43. The molecule has 0 saturated carbocycles. The van der Waals surface area contributed by atoms with Gasteiger partial charge in [-0.3, -0.25) is 9.88 Å². The minimum atomic E-state index is -0.617. The molecule has 0 N–H and O–H groups in total. The average molecular weight is 460 g/mol. The zero-order valence-corrected chi connectivity index (χ0v) is 19.8. The van der Waals surface area contributed by atoms with Crippen LogP contribution in [0.4, 0.5) is 5.69 Å². The van der Waals surface area contributed by atoms with Crippen molar-refractivity contribution in [3.63, 3.8) is 0 Å². The van der Waals surface area contributed by atoms with E-state index in [9.17, 15) is 4.79 Å². The summed E-state index contributed by atoms with van der Waals surface area (Å²) in [6.45, 7) is 5.70. The first-order chi connectivity index (χ1) is 16.7. The largest absolute Gasteiger partial charge is 0.479 e. The lowest BCUT2D eigenvalue weighted by molar-refractivity contribution is -0.151. The molecular formula is C28H33N3O3. The van der Waals surface area contributed by atoms with Crippen molar-refractivity contribution >= 4 is 11.7 Å². The van der Waals surface area contributed by atoms with Gasteiger partial charge in [-0.1, -0.05) is 48.5 Å². The number of esters is 1. The molecule has 2 aromatic carbocycles. The van der Waals surface area contributed by atoms with Crippen molar-refractivity contribution in [2.75, 3.05) is 37.7 Å². The lowest BCUT2D eigenvalue weighted by Gasteiger charge is -2.43. The monoisotopic (exact) mass is 459 g/mol. The lowest BCUT2D eigenvalue weighted by atomic mass is 10.0. The van der Waals surface area contributed by atoms with Crippen molar-refractivity contribution in [1.82, 2.24) is 9.88 Å². The number of hydrogen-bond donors (Lipinski definition) is 0. The minimum absolute atomic E-state index is 0.303.